The highest BCUT2D eigenvalue weighted by atomic mass is 19.2. The first-order valence-electron chi connectivity index (χ1n) is 12.7. The molecule has 0 N–H and O–H groups in total. The van der Waals surface area contributed by atoms with Crippen LogP contribution in [0.15, 0.2) is 48.5 Å². The molecule has 0 radical (unpaired) electrons. The second-order valence-corrected chi connectivity index (χ2v) is 9.90. The van der Waals surface area contributed by atoms with Gasteiger partial charge in [0, 0.05) is 19.1 Å². The number of methoxy groups -OCH3 is 1. The van der Waals surface area contributed by atoms with Crippen molar-refractivity contribution in [3.63, 3.8) is 0 Å². The highest BCUT2D eigenvalue weighted by Gasteiger charge is 2.20. The summed E-state index contributed by atoms with van der Waals surface area (Å²) in [4.78, 5) is 0. The average Bonchev–Trinajstić information content (AvgIpc) is 2.85. The van der Waals surface area contributed by atoms with Crippen molar-refractivity contribution in [2.24, 2.45) is 11.8 Å². The van der Waals surface area contributed by atoms with Gasteiger partial charge in [-0.05, 0) is 84.6 Å². The summed E-state index contributed by atoms with van der Waals surface area (Å²) < 4.78 is 46.9. The Hall–Kier alpha value is -2.33. The molecule has 3 aromatic rings. The molecule has 1 saturated carbocycles. The maximum atomic E-state index is 15.1. The summed E-state index contributed by atoms with van der Waals surface area (Å²) in [5.41, 5.74) is 2.54. The molecule has 0 aromatic heterocycles. The van der Waals surface area contributed by atoms with E-state index in [0.29, 0.717) is 29.4 Å². The third kappa shape index (κ3) is 6.41. The topological polar surface area (TPSA) is 9.23 Å². The lowest BCUT2D eigenvalue weighted by Gasteiger charge is -2.28. The molecular formula is C30H35F3O. The summed E-state index contributed by atoms with van der Waals surface area (Å²) in [6.07, 6.45) is 10.9. The van der Waals surface area contributed by atoms with Gasteiger partial charge in [0.25, 0.3) is 0 Å². The van der Waals surface area contributed by atoms with Gasteiger partial charge in [0.05, 0.1) is 0 Å². The first kappa shape index (κ1) is 24.8. The number of hydrogen-bond donors (Lipinski definition) is 0. The van der Waals surface area contributed by atoms with Crippen molar-refractivity contribution in [2.45, 2.75) is 64.2 Å². The van der Waals surface area contributed by atoms with E-state index in [0.717, 1.165) is 36.3 Å². The van der Waals surface area contributed by atoms with Crippen molar-refractivity contribution >= 4 is 10.8 Å². The molecule has 0 amide bonds. The average molecular weight is 469 g/mol. The summed E-state index contributed by atoms with van der Waals surface area (Å²) in [6.45, 7) is 0.873. The fourth-order valence-corrected chi connectivity index (χ4v) is 5.41. The largest absolute Gasteiger partial charge is 0.385 e. The molecule has 3 aromatic carbocycles. The fraction of sp³-hybridized carbons (Fsp3) is 0.467. The molecule has 182 valence electrons. The highest BCUT2D eigenvalue weighted by molar-refractivity contribution is 5.84. The summed E-state index contributed by atoms with van der Waals surface area (Å²) in [5.74, 6) is -0.268. The van der Waals surface area contributed by atoms with Crippen LogP contribution < -0.4 is 0 Å². The number of ether oxygens (including phenoxy) is 1. The predicted octanol–water partition coefficient (Wildman–Crippen LogP) is 8.21. The molecule has 1 aliphatic rings. The zero-order valence-electron chi connectivity index (χ0n) is 20.1. The van der Waals surface area contributed by atoms with Crippen molar-refractivity contribution in [2.75, 3.05) is 13.7 Å². The smallest absolute Gasteiger partial charge is 0.159 e. The van der Waals surface area contributed by atoms with Gasteiger partial charge in [-0.15, -0.1) is 0 Å². The minimum Gasteiger partial charge on any atom is -0.385 e. The third-order valence-corrected chi connectivity index (χ3v) is 7.53. The number of fused-ring (bicyclic) bond motifs is 1. The lowest BCUT2D eigenvalue weighted by atomic mass is 9.78. The molecule has 1 nitrogen and oxygen atoms in total. The molecule has 1 fully saturated rings. The monoisotopic (exact) mass is 468 g/mol. The Morgan fingerprint density at radius 3 is 2.18 bits per heavy atom. The molecule has 4 heteroatoms. The summed E-state index contributed by atoms with van der Waals surface area (Å²) in [6, 6.07) is 13.7. The Balaban J connectivity index is 1.31. The SMILES string of the molecule is COCCCC1CCC(CCc2ccc3c(F)c(CCc4ccc(F)c(F)c4)ccc3c2)CC1. The number of halogens is 3. The van der Waals surface area contributed by atoms with Crippen LogP contribution >= 0.6 is 0 Å². The van der Waals surface area contributed by atoms with Gasteiger partial charge in [-0.25, -0.2) is 13.2 Å². The standard InChI is InChI=1S/C30H35F3O/c1-34-18-2-3-21-4-6-22(7-5-21)8-9-23-11-16-27-26(19-23)15-14-25(30(27)33)13-10-24-12-17-28(31)29(32)20-24/h11-12,14-17,19-22H,2-10,13,18H2,1H3. The van der Waals surface area contributed by atoms with Crippen molar-refractivity contribution in [1.29, 1.82) is 0 Å². The van der Waals surface area contributed by atoms with Crippen LogP contribution in [0.25, 0.3) is 10.8 Å². The predicted molar refractivity (Wildman–Crippen MR) is 133 cm³/mol. The molecule has 0 heterocycles. The van der Waals surface area contributed by atoms with Crippen LogP contribution in [0.5, 0.6) is 0 Å². The van der Waals surface area contributed by atoms with E-state index in [2.05, 4.69) is 12.1 Å². The minimum atomic E-state index is -0.862. The maximum absolute atomic E-state index is 15.1. The van der Waals surface area contributed by atoms with Gasteiger partial charge in [-0.2, -0.15) is 0 Å². The lowest BCUT2D eigenvalue weighted by Crippen LogP contribution is -2.15. The minimum absolute atomic E-state index is 0.210. The Labute approximate surface area is 201 Å². The van der Waals surface area contributed by atoms with E-state index in [4.69, 9.17) is 4.74 Å². The van der Waals surface area contributed by atoms with Crippen LogP contribution in [-0.4, -0.2) is 13.7 Å². The Bertz CT molecular complexity index is 1090. The van der Waals surface area contributed by atoms with E-state index in [-0.39, 0.29) is 5.82 Å². The van der Waals surface area contributed by atoms with Crippen LogP contribution in [-0.2, 0) is 24.0 Å². The Kier molecular flexibility index (Phi) is 8.66. The van der Waals surface area contributed by atoms with E-state index in [1.54, 1.807) is 13.2 Å². The van der Waals surface area contributed by atoms with Crippen LogP contribution in [0, 0.1) is 29.3 Å². The zero-order valence-corrected chi connectivity index (χ0v) is 20.1. The van der Waals surface area contributed by atoms with Crippen molar-refractivity contribution in [3.8, 4) is 0 Å². The van der Waals surface area contributed by atoms with E-state index in [1.807, 2.05) is 18.2 Å². The Morgan fingerprint density at radius 1 is 0.735 bits per heavy atom. The molecule has 1 aliphatic carbocycles. The molecule has 0 unspecified atom stereocenters. The van der Waals surface area contributed by atoms with Gasteiger partial charge < -0.3 is 4.74 Å². The first-order valence-corrected chi connectivity index (χ1v) is 12.7. The lowest BCUT2D eigenvalue weighted by molar-refractivity contribution is 0.175. The number of benzene rings is 3. The van der Waals surface area contributed by atoms with E-state index in [1.165, 1.54) is 56.6 Å². The van der Waals surface area contributed by atoms with Gasteiger partial charge in [0.1, 0.15) is 5.82 Å². The van der Waals surface area contributed by atoms with Gasteiger partial charge >= 0.3 is 0 Å². The molecular weight excluding hydrogens is 433 g/mol. The second-order valence-electron chi connectivity index (χ2n) is 9.90. The highest BCUT2D eigenvalue weighted by Crippen LogP contribution is 2.34. The molecule has 0 aliphatic heterocycles. The van der Waals surface area contributed by atoms with Gasteiger partial charge in [-0.3, -0.25) is 0 Å². The molecule has 0 spiro atoms. The zero-order chi connectivity index (χ0) is 23.9. The van der Waals surface area contributed by atoms with Crippen LogP contribution in [0.1, 0.15) is 61.6 Å². The summed E-state index contributed by atoms with van der Waals surface area (Å²) in [5, 5.41) is 1.55. The van der Waals surface area contributed by atoms with Gasteiger partial charge in [0.15, 0.2) is 11.6 Å². The molecule has 4 rings (SSSR count). The van der Waals surface area contributed by atoms with E-state index < -0.39 is 11.6 Å². The maximum Gasteiger partial charge on any atom is 0.159 e. The normalized spacial score (nSPS) is 18.5. The molecule has 34 heavy (non-hydrogen) atoms. The molecule has 0 saturated heterocycles. The second kappa shape index (κ2) is 11.9. The van der Waals surface area contributed by atoms with E-state index >= 15 is 4.39 Å². The number of aryl methyl sites for hydroxylation is 3. The van der Waals surface area contributed by atoms with Crippen molar-refractivity contribution in [3.05, 3.63) is 82.7 Å². The molecule has 0 atom stereocenters. The van der Waals surface area contributed by atoms with E-state index in [9.17, 15) is 8.78 Å². The van der Waals surface area contributed by atoms with Crippen LogP contribution in [0.3, 0.4) is 0 Å². The third-order valence-electron chi connectivity index (χ3n) is 7.53. The summed E-state index contributed by atoms with van der Waals surface area (Å²) in [7, 11) is 1.77. The fourth-order valence-electron chi connectivity index (χ4n) is 5.41. The number of rotatable bonds is 10. The Morgan fingerprint density at radius 2 is 1.44 bits per heavy atom. The van der Waals surface area contributed by atoms with Crippen LogP contribution in [0.4, 0.5) is 13.2 Å². The number of hydrogen-bond acceptors (Lipinski definition) is 1. The summed E-state index contributed by atoms with van der Waals surface area (Å²) >= 11 is 0. The van der Waals surface area contributed by atoms with Gasteiger partial charge in [0.2, 0.25) is 0 Å². The van der Waals surface area contributed by atoms with Gasteiger partial charge in [-0.1, -0.05) is 62.1 Å². The molecule has 0 bridgehead atoms. The quantitative estimate of drug-likeness (QED) is 0.272. The first-order chi connectivity index (χ1) is 16.5. The van der Waals surface area contributed by atoms with Crippen molar-refractivity contribution < 1.29 is 17.9 Å². The van der Waals surface area contributed by atoms with Crippen LogP contribution in [0.2, 0.25) is 0 Å². The van der Waals surface area contributed by atoms with Crippen molar-refractivity contribution in [1.82, 2.24) is 0 Å².